The Morgan fingerprint density at radius 3 is 2.00 bits per heavy atom. The smallest absolute Gasteiger partial charge is 0.170 e. The van der Waals surface area contributed by atoms with Crippen LogP contribution >= 0.6 is 0 Å². The number of benzene rings is 2. The molecule has 0 aromatic heterocycles. The summed E-state index contributed by atoms with van der Waals surface area (Å²) in [6, 6.07) is 15.3. The summed E-state index contributed by atoms with van der Waals surface area (Å²) >= 11 is 0. The quantitative estimate of drug-likeness (QED) is 0.367. The van der Waals surface area contributed by atoms with Crippen LogP contribution in [0.1, 0.15) is 49.9 Å². The standard InChI is InChI=1S/C21H24O3/c1-3-5-14-24-20-12-10-17(11-13-20)16-6-8-18(9-7-16)21(23)15-19(22)4-2/h6-13H,3-5,14-15H2,1-2H3. The first-order chi connectivity index (χ1) is 11.6. The Hall–Kier alpha value is -2.42. The molecule has 126 valence electrons. The number of unbranched alkanes of at least 4 members (excludes halogenated alkanes) is 1. The Bertz CT molecular complexity index is 669. The van der Waals surface area contributed by atoms with Crippen LogP contribution in [0.5, 0.6) is 5.75 Å². The van der Waals surface area contributed by atoms with Crippen LogP contribution in [0.15, 0.2) is 48.5 Å². The second-order valence-corrected chi connectivity index (χ2v) is 5.80. The van der Waals surface area contributed by atoms with Crippen LogP contribution in [-0.4, -0.2) is 18.2 Å². The van der Waals surface area contributed by atoms with E-state index in [-0.39, 0.29) is 18.0 Å². The van der Waals surface area contributed by atoms with E-state index in [1.165, 1.54) is 0 Å². The van der Waals surface area contributed by atoms with Crippen LogP contribution < -0.4 is 4.74 Å². The van der Waals surface area contributed by atoms with Crippen LogP contribution in [0.3, 0.4) is 0 Å². The van der Waals surface area contributed by atoms with Gasteiger partial charge in [0.1, 0.15) is 11.5 Å². The zero-order valence-electron chi connectivity index (χ0n) is 14.4. The van der Waals surface area contributed by atoms with Gasteiger partial charge >= 0.3 is 0 Å². The zero-order chi connectivity index (χ0) is 17.4. The number of carbonyl (C=O) groups is 2. The molecule has 0 unspecified atom stereocenters. The number of hydrogen-bond acceptors (Lipinski definition) is 3. The molecule has 0 radical (unpaired) electrons. The van der Waals surface area contributed by atoms with Gasteiger partial charge in [-0.1, -0.05) is 56.7 Å². The molecule has 0 saturated heterocycles. The van der Waals surface area contributed by atoms with E-state index in [0.29, 0.717) is 12.0 Å². The van der Waals surface area contributed by atoms with Gasteiger partial charge in [0.05, 0.1) is 13.0 Å². The minimum atomic E-state index is -0.118. The van der Waals surface area contributed by atoms with E-state index in [4.69, 9.17) is 4.74 Å². The fourth-order valence-electron chi connectivity index (χ4n) is 2.33. The van der Waals surface area contributed by atoms with Crippen molar-refractivity contribution in [2.24, 2.45) is 0 Å². The molecular weight excluding hydrogens is 300 g/mol. The molecule has 0 aliphatic rings. The van der Waals surface area contributed by atoms with Gasteiger partial charge in [0, 0.05) is 12.0 Å². The summed E-state index contributed by atoms with van der Waals surface area (Å²) in [4.78, 5) is 23.4. The summed E-state index contributed by atoms with van der Waals surface area (Å²) < 4.78 is 5.66. The molecule has 0 fully saturated rings. The molecule has 2 aromatic carbocycles. The highest BCUT2D eigenvalue weighted by molar-refractivity contribution is 6.08. The zero-order valence-corrected chi connectivity index (χ0v) is 14.4. The lowest BCUT2D eigenvalue weighted by molar-refractivity contribution is -0.117. The van der Waals surface area contributed by atoms with Gasteiger partial charge in [-0.25, -0.2) is 0 Å². The highest BCUT2D eigenvalue weighted by atomic mass is 16.5. The van der Waals surface area contributed by atoms with Crippen molar-refractivity contribution in [3.05, 3.63) is 54.1 Å². The van der Waals surface area contributed by atoms with Crippen LogP contribution in [0.2, 0.25) is 0 Å². The Morgan fingerprint density at radius 1 is 0.875 bits per heavy atom. The summed E-state index contributed by atoms with van der Waals surface area (Å²) in [6.45, 7) is 4.65. The third-order valence-corrected chi connectivity index (χ3v) is 3.91. The summed E-state index contributed by atoms with van der Waals surface area (Å²) in [7, 11) is 0. The predicted molar refractivity (Wildman–Crippen MR) is 96.5 cm³/mol. The van der Waals surface area contributed by atoms with Crippen molar-refractivity contribution in [1.29, 1.82) is 0 Å². The third-order valence-electron chi connectivity index (χ3n) is 3.91. The van der Waals surface area contributed by atoms with E-state index in [9.17, 15) is 9.59 Å². The summed E-state index contributed by atoms with van der Waals surface area (Å²) in [5.74, 6) is 0.730. The Morgan fingerprint density at radius 2 is 1.46 bits per heavy atom. The van der Waals surface area contributed by atoms with Crippen LogP contribution in [0.25, 0.3) is 11.1 Å². The first-order valence-electron chi connectivity index (χ1n) is 8.52. The number of carbonyl (C=O) groups excluding carboxylic acids is 2. The maximum absolute atomic E-state index is 12.0. The lowest BCUT2D eigenvalue weighted by atomic mass is 10.0. The van der Waals surface area contributed by atoms with Crippen LogP contribution in [0, 0.1) is 0 Å². The lowest BCUT2D eigenvalue weighted by Crippen LogP contribution is -2.06. The molecule has 0 aliphatic heterocycles. The average Bonchev–Trinajstić information content (AvgIpc) is 2.62. The molecule has 0 amide bonds. The molecule has 0 aliphatic carbocycles. The van der Waals surface area contributed by atoms with E-state index < -0.39 is 0 Å². The van der Waals surface area contributed by atoms with E-state index in [2.05, 4.69) is 6.92 Å². The number of ketones is 2. The number of rotatable bonds is 9. The maximum atomic E-state index is 12.0. The first-order valence-corrected chi connectivity index (χ1v) is 8.52. The molecule has 0 spiro atoms. The van der Waals surface area contributed by atoms with Gasteiger partial charge in [0.2, 0.25) is 0 Å². The topological polar surface area (TPSA) is 43.4 Å². The number of Topliss-reactive ketones (excluding diaryl/α,β-unsaturated/α-hetero) is 2. The molecule has 24 heavy (non-hydrogen) atoms. The van der Waals surface area contributed by atoms with Gasteiger partial charge in [0.15, 0.2) is 5.78 Å². The van der Waals surface area contributed by atoms with Crippen molar-refractivity contribution in [3.8, 4) is 16.9 Å². The van der Waals surface area contributed by atoms with Crippen LogP contribution in [-0.2, 0) is 4.79 Å². The Labute approximate surface area is 143 Å². The average molecular weight is 324 g/mol. The molecule has 0 bridgehead atoms. The molecule has 0 atom stereocenters. The lowest BCUT2D eigenvalue weighted by Gasteiger charge is -2.07. The monoisotopic (exact) mass is 324 g/mol. The van der Waals surface area contributed by atoms with Crippen molar-refractivity contribution in [2.75, 3.05) is 6.61 Å². The largest absolute Gasteiger partial charge is 0.494 e. The Balaban J connectivity index is 2.02. The Kier molecular flexibility index (Phi) is 6.74. The maximum Gasteiger partial charge on any atom is 0.170 e. The number of ether oxygens (including phenoxy) is 1. The normalized spacial score (nSPS) is 10.4. The molecule has 3 heteroatoms. The van der Waals surface area contributed by atoms with Gasteiger partial charge in [-0.15, -0.1) is 0 Å². The molecular formula is C21H24O3. The second-order valence-electron chi connectivity index (χ2n) is 5.80. The van der Waals surface area contributed by atoms with E-state index in [1.54, 1.807) is 19.1 Å². The van der Waals surface area contributed by atoms with Crippen molar-refractivity contribution < 1.29 is 14.3 Å². The van der Waals surface area contributed by atoms with E-state index >= 15 is 0 Å². The summed E-state index contributed by atoms with van der Waals surface area (Å²) in [6.07, 6.45) is 2.56. The molecule has 0 N–H and O–H groups in total. The summed E-state index contributed by atoms with van der Waals surface area (Å²) in [5, 5.41) is 0. The predicted octanol–water partition coefficient (Wildman–Crippen LogP) is 5.08. The molecule has 0 heterocycles. The van der Waals surface area contributed by atoms with Crippen molar-refractivity contribution in [2.45, 2.75) is 39.5 Å². The molecule has 2 aromatic rings. The SMILES string of the molecule is CCCCOc1ccc(-c2ccc(C(=O)CC(=O)CC)cc2)cc1. The van der Waals surface area contributed by atoms with Crippen LogP contribution in [0.4, 0.5) is 0 Å². The number of hydrogen-bond donors (Lipinski definition) is 0. The van der Waals surface area contributed by atoms with E-state index in [1.807, 2.05) is 36.4 Å². The fourth-order valence-corrected chi connectivity index (χ4v) is 2.33. The second kappa shape index (κ2) is 9.02. The third kappa shape index (κ3) is 5.05. The van der Waals surface area contributed by atoms with Gasteiger partial charge in [-0.2, -0.15) is 0 Å². The van der Waals surface area contributed by atoms with Crippen molar-refractivity contribution in [1.82, 2.24) is 0 Å². The minimum Gasteiger partial charge on any atom is -0.494 e. The first kappa shape index (κ1) is 17.9. The van der Waals surface area contributed by atoms with Gasteiger partial charge in [0.25, 0.3) is 0 Å². The summed E-state index contributed by atoms with van der Waals surface area (Å²) in [5.41, 5.74) is 2.69. The highest BCUT2D eigenvalue weighted by Gasteiger charge is 2.10. The van der Waals surface area contributed by atoms with E-state index in [0.717, 1.165) is 36.3 Å². The molecule has 2 rings (SSSR count). The van der Waals surface area contributed by atoms with Gasteiger partial charge < -0.3 is 4.74 Å². The van der Waals surface area contributed by atoms with Crippen molar-refractivity contribution in [3.63, 3.8) is 0 Å². The molecule has 0 saturated carbocycles. The fraction of sp³-hybridized carbons (Fsp3) is 0.333. The van der Waals surface area contributed by atoms with Crippen molar-refractivity contribution >= 4 is 11.6 Å². The highest BCUT2D eigenvalue weighted by Crippen LogP contribution is 2.23. The minimum absolute atomic E-state index is 0.0142. The molecule has 3 nitrogen and oxygen atoms in total. The van der Waals surface area contributed by atoms with Gasteiger partial charge in [-0.3, -0.25) is 9.59 Å². The van der Waals surface area contributed by atoms with Gasteiger partial charge in [-0.05, 0) is 29.7 Å².